The number of nitrogens with one attached hydrogen (secondary N) is 2. The molecule has 0 aromatic heterocycles. The van der Waals surface area contributed by atoms with Gasteiger partial charge in [-0.25, -0.2) is 9.18 Å². The van der Waals surface area contributed by atoms with Crippen LogP contribution in [0.25, 0.3) is 11.1 Å². The average molecular weight is 422 g/mol. The van der Waals surface area contributed by atoms with Crippen LogP contribution >= 0.6 is 11.6 Å². The summed E-state index contributed by atoms with van der Waals surface area (Å²) < 4.78 is 14.0. The Morgan fingerprint density at radius 3 is 2.48 bits per heavy atom. The maximum atomic E-state index is 14.0. The summed E-state index contributed by atoms with van der Waals surface area (Å²) in [5.74, 6) is -2.23. The molecular formula is C20H21ClFN3O4. The molecule has 2 aromatic rings. The molecule has 0 saturated heterocycles. The highest BCUT2D eigenvalue weighted by atomic mass is 35.5. The van der Waals surface area contributed by atoms with E-state index < -0.39 is 29.8 Å². The summed E-state index contributed by atoms with van der Waals surface area (Å²) in [7, 11) is 0. The van der Waals surface area contributed by atoms with Gasteiger partial charge in [-0.1, -0.05) is 35.9 Å². The fraction of sp³-hybridized carbons (Fsp3) is 0.250. The van der Waals surface area contributed by atoms with Gasteiger partial charge in [-0.15, -0.1) is 0 Å². The van der Waals surface area contributed by atoms with Gasteiger partial charge in [0.2, 0.25) is 12.3 Å². The van der Waals surface area contributed by atoms with E-state index in [1.54, 1.807) is 24.3 Å². The largest absolute Gasteiger partial charge is 0.480 e. The molecule has 2 rings (SSSR count). The number of halogens is 2. The number of nitrogens with two attached hydrogens (primary N) is 1. The van der Waals surface area contributed by atoms with Crippen LogP contribution in [0.4, 0.5) is 4.39 Å². The second kappa shape index (κ2) is 10.5. The Morgan fingerprint density at radius 2 is 1.90 bits per heavy atom. The number of carboxylic acid groups (broad SMARTS) is 1. The second-order valence-electron chi connectivity index (χ2n) is 6.40. The Balaban J connectivity index is 2.13. The molecule has 0 unspecified atom stereocenters. The maximum Gasteiger partial charge on any atom is 0.326 e. The van der Waals surface area contributed by atoms with Crippen LogP contribution in [0.15, 0.2) is 42.5 Å². The minimum atomic E-state index is -1.23. The quantitative estimate of drug-likeness (QED) is 0.435. The molecule has 7 nitrogen and oxygen atoms in total. The van der Waals surface area contributed by atoms with Gasteiger partial charge < -0.3 is 21.5 Å². The third-order valence-corrected chi connectivity index (χ3v) is 4.55. The third-order valence-electron chi connectivity index (χ3n) is 4.32. The van der Waals surface area contributed by atoms with Crippen LogP contribution in [0.1, 0.15) is 12.0 Å². The molecule has 2 amide bonds. The number of benzene rings is 2. The number of rotatable bonds is 10. The number of hydrogen-bond acceptors (Lipinski definition) is 4. The van der Waals surface area contributed by atoms with Crippen LogP contribution < -0.4 is 16.4 Å². The molecule has 154 valence electrons. The van der Waals surface area contributed by atoms with Crippen molar-refractivity contribution in [2.24, 2.45) is 5.73 Å². The first-order valence-corrected chi connectivity index (χ1v) is 9.18. The first-order chi connectivity index (χ1) is 13.8. The molecule has 29 heavy (non-hydrogen) atoms. The van der Waals surface area contributed by atoms with Crippen LogP contribution in [-0.4, -0.2) is 42.0 Å². The third kappa shape index (κ3) is 6.55. The van der Waals surface area contributed by atoms with Crippen molar-refractivity contribution in [3.8, 4) is 11.1 Å². The fourth-order valence-electron chi connectivity index (χ4n) is 2.89. The van der Waals surface area contributed by atoms with Crippen LogP contribution in [0.5, 0.6) is 0 Å². The first kappa shape index (κ1) is 22.3. The van der Waals surface area contributed by atoms with E-state index in [0.29, 0.717) is 29.0 Å². The van der Waals surface area contributed by atoms with Crippen molar-refractivity contribution < 1.29 is 23.9 Å². The van der Waals surface area contributed by atoms with E-state index in [-0.39, 0.29) is 13.0 Å². The van der Waals surface area contributed by atoms with Gasteiger partial charge >= 0.3 is 5.97 Å². The minimum absolute atomic E-state index is 0.0233. The molecule has 0 spiro atoms. The van der Waals surface area contributed by atoms with Gasteiger partial charge in [0.05, 0.1) is 6.54 Å². The lowest BCUT2D eigenvalue weighted by molar-refractivity contribution is -0.142. The van der Waals surface area contributed by atoms with Gasteiger partial charge in [0.25, 0.3) is 0 Å². The minimum Gasteiger partial charge on any atom is -0.480 e. The van der Waals surface area contributed by atoms with E-state index in [0.717, 1.165) is 5.56 Å². The summed E-state index contributed by atoms with van der Waals surface area (Å²) in [6.45, 7) is -0.336. The molecule has 0 radical (unpaired) electrons. The normalized spacial score (nSPS) is 12.7. The number of carbonyl (C=O) groups excluding carboxylic acids is 2. The summed E-state index contributed by atoms with van der Waals surface area (Å²) in [4.78, 5) is 33.7. The average Bonchev–Trinajstić information content (AvgIpc) is 2.70. The zero-order chi connectivity index (χ0) is 21.4. The van der Waals surface area contributed by atoms with Crippen LogP contribution in [-0.2, 0) is 20.8 Å². The van der Waals surface area contributed by atoms with E-state index >= 15 is 0 Å². The van der Waals surface area contributed by atoms with Gasteiger partial charge in [-0.3, -0.25) is 9.59 Å². The summed E-state index contributed by atoms with van der Waals surface area (Å²) in [6, 6.07) is 9.49. The Morgan fingerprint density at radius 1 is 1.21 bits per heavy atom. The lowest BCUT2D eigenvalue weighted by atomic mass is 9.97. The number of aliphatic carboxylic acids is 1. The molecule has 0 aliphatic rings. The lowest BCUT2D eigenvalue weighted by Gasteiger charge is -2.21. The van der Waals surface area contributed by atoms with Gasteiger partial charge in [0, 0.05) is 16.6 Å². The van der Waals surface area contributed by atoms with Crippen molar-refractivity contribution in [1.29, 1.82) is 0 Å². The predicted molar refractivity (Wildman–Crippen MR) is 107 cm³/mol. The molecule has 5 N–H and O–H groups in total. The van der Waals surface area contributed by atoms with Crippen molar-refractivity contribution in [2.75, 3.05) is 6.54 Å². The summed E-state index contributed by atoms with van der Waals surface area (Å²) in [5.41, 5.74) is 6.99. The number of carbonyl (C=O) groups is 3. The molecule has 0 fully saturated rings. The van der Waals surface area contributed by atoms with Crippen molar-refractivity contribution >= 4 is 29.9 Å². The summed E-state index contributed by atoms with van der Waals surface area (Å²) in [5, 5.41) is 14.6. The van der Waals surface area contributed by atoms with Crippen molar-refractivity contribution in [2.45, 2.75) is 24.9 Å². The number of carboxylic acids is 1. The molecule has 0 saturated carbocycles. The van der Waals surface area contributed by atoms with Crippen LogP contribution in [0.2, 0.25) is 5.02 Å². The Hall–Kier alpha value is -2.97. The standard InChI is InChI=1S/C20H21ClFN3O4/c21-14-5-6-17(22)16(8-14)13-3-1-12(2-4-13)7-15(24-11-26)9-18(20(28)29)25-19(27)10-23/h1-6,8,11,15,18H,7,9-10,23H2,(H,24,26)(H,25,27)(H,28,29)/t15-,18-/m1/s1. The molecule has 9 heteroatoms. The molecular weight excluding hydrogens is 401 g/mol. The molecule has 0 aliphatic heterocycles. The van der Waals surface area contributed by atoms with E-state index in [1.165, 1.54) is 18.2 Å². The second-order valence-corrected chi connectivity index (χ2v) is 6.84. The highest BCUT2D eigenvalue weighted by molar-refractivity contribution is 6.30. The lowest BCUT2D eigenvalue weighted by Crippen LogP contribution is -2.47. The van der Waals surface area contributed by atoms with Crippen molar-refractivity contribution in [3.63, 3.8) is 0 Å². The highest BCUT2D eigenvalue weighted by Crippen LogP contribution is 2.26. The highest BCUT2D eigenvalue weighted by Gasteiger charge is 2.24. The zero-order valence-electron chi connectivity index (χ0n) is 15.4. The van der Waals surface area contributed by atoms with Crippen LogP contribution in [0, 0.1) is 5.82 Å². The Kier molecular flexibility index (Phi) is 8.11. The molecule has 2 atom stereocenters. The zero-order valence-corrected chi connectivity index (χ0v) is 16.2. The van der Waals surface area contributed by atoms with Gasteiger partial charge in [-0.05, 0) is 42.2 Å². The van der Waals surface area contributed by atoms with Gasteiger partial charge in [0.1, 0.15) is 11.9 Å². The van der Waals surface area contributed by atoms with Crippen molar-refractivity contribution in [1.82, 2.24) is 10.6 Å². The van der Waals surface area contributed by atoms with E-state index in [1.807, 2.05) is 0 Å². The van der Waals surface area contributed by atoms with Gasteiger partial charge in [0.15, 0.2) is 0 Å². The Bertz CT molecular complexity index is 877. The molecule has 0 heterocycles. The smallest absolute Gasteiger partial charge is 0.326 e. The van der Waals surface area contributed by atoms with E-state index in [9.17, 15) is 23.9 Å². The Labute approximate surface area is 172 Å². The van der Waals surface area contributed by atoms with Gasteiger partial charge in [-0.2, -0.15) is 0 Å². The molecule has 0 aliphatic carbocycles. The summed E-state index contributed by atoms with van der Waals surface area (Å²) in [6.07, 6.45) is 0.772. The van der Waals surface area contributed by atoms with E-state index in [2.05, 4.69) is 10.6 Å². The van der Waals surface area contributed by atoms with Crippen molar-refractivity contribution in [3.05, 3.63) is 58.9 Å². The van der Waals surface area contributed by atoms with Crippen LogP contribution in [0.3, 0.4) is 0 Å². The number of hydrogen-bond donors (Lipinski definition) is 4. The molecule has 0 bridgehead atoms. The van der Waals surface area contributed by atoms with E-state index in [4.69, 9.17) is 17.3 Å². The topological polar surface area (TPSA) is 122 Å². The predicted octanol–water partition coefficient (Wildman–Crippen LogP) is 1.72. The SMILES string of the molecule is NCC(=O)N[C@H](C[C@@H](Cc1ccc(-c2cc(Cl)ccc2F)cc1)NC=O)C(=O)O. The fourth-order valence-corrected chi connectivity index (χ4v) is 3.06. The summed E-state index contributed by atoms with van der Waals surface area (Å²) >= 11 is 5.93. The number of amides is 2. The molecule has 2 aromatic carbocycles. The first-order valence-electron chi connectivity index (χ1n) is 8.80. The monoisotopic (exact) mass is 421 g/mol. The maximum absolute atomic E-state index is 14.0.